The molecule has 0 radical (unpaired) electrons. The van der Waals surface area contributed by atoms with Crippen molar-refractivity contribution in [2.75, 3.05) is 18.5 Å². The van der Waals surface area contributed by atoms with E-state index in [4.69, 9.17) is 4.74 Å². The highest BCUT2D eigenvalue weighted by Gasteiger charge is 2.17. The number of nitrogens with zero attached hydrogens (tertiary/aromatic N) is 3. The molecule has 1 aliphatic rings. The number of aryl methyl sites for hydroxylation is 1. The molecule has 0 aliphatic carbocycles. The molecule has 1 aromatic carbocycles. The minimum Gasteiger partial charge on any atom is -0.376 e. The second kappa shape index (κ2) is 6.20. The highest BCUT2D eigenvalue weighted by molar-refractivity contribution is 6.01. The van der Waals surface area contributed by atoms with Gasteiger partial charge in [0.05, 0.1) is 12.3 Å². The molecule has 2 aromatic heterocycles. The summed E-state index contributed by atoms with van der Waals surface area (Å²) in [5.41, 5.74) is 1.60. The number of halogens is 1. The van der Waals surface area contributed by atoms with E-state index in [1.54, 1.807) is 23.1 Å². The second-order valence-corrected chi connectivity index (χ2v) is 6.10. The van der Waals surface area contributed by atoms with E-state index in [0.29, 0.717) is 17.7 Å². The molecule has 1 unspecified atom stereocenters. The predicted molar refractivity (Wildman–Crippen MR) is 91.4 cm³/mol. The fourth-order valence-electron chi connectivity index (χ4n) is 3.19. The van der Waals surface area contributed by atoms with Crippen LogP contribution in [0.1, 0.15) is 12.8 Å². The van der Waals surface area contributed by atoms with Crippen LogP contribution in [0.2, 0.25) is 0 Å². The summed E-state index contributed by atoms with van der Waals surface area (Å²) in [6, 6.07) is 5.08. The van der Waals surface area contributed by atoms with Crippen LogP contribution in [-0.4, -0.2) is 34.0 Å². The number of rotatable bonds is 4. The Balaban J connectivity index is 1.75. The lowest BCUT2D eigenvalue weighted by molar-refractivity contribution is 0.120. The van der Waals surface area contributed by atoms with Crippen molar-refractivity contribution >= 4 is 16.6 Å². The lowest BCUT2D eigenvalue weighted by Crippen LogP contribution is -2.19. The average molecular weight is 326 g/mol. The minimum absolute atomic E-state index is 0.202. The molecule has 1 N–H and O–H groups in total. The van der Waals surface area contributed by atoms with Gasteiger partial charge < -0.3 is 10.1 Å². The Morgan fingerprint density at radius 1 is 1.38 bits per heavy atom. The number of nitrogens with one attached hydrogen (secondary N) is 1. The first kappa shape index (κ1) is 15.1. The molecule has 124 valence electrons. The molecular formula is C18H19FN4O. The van der Waals surface area contributed by atoms with E-state index in [1.807, 2.05) is 19.3 Å². The van der Waals surface area contributed by atoms with Crippen molar-refractivity contribution in [2.45, 2.75) is 18.9 Å². The largest absolute Gasteiger partial charge is 0.376 e. The molecule has 24 heavy (non-hydrogen) atoms. The molecule has 5 nitrogen and oxygen atoms in total. The highest BCUT2D eigenvalue weighted by Crippen LogP contribution is 2.33. The third-order valence-electron chi connectivity index (χ3n) is 4.40. The summed E-state index contributed by atoms with van der Waals surface area (Å²) >= 11 is 0. The second-order valence-electron chi connectivity index (χ2n) is 6.10. The van der Waals surface area contributed by atoms with Crippen molar-refractivity contribution in [3.8, 4) is 11.1 Å². The lowest BCUT2D eigenvalue weighted by atomic mass is 10.0. The topological polar surface area (TPSA) is 52.0 Å². The third kappa shape index (κ3) is 2.73. The van der Waals surface area contributed by atoms with E-state index >= 15 is 0 Å². The third-order valence-corrected chi connectivity index (χ3v) is 4.40. The first-order valence-corrected chi connectivity index (χ1v) is 8.14. The lowest BCUT2D eigenvalue weighted by Gasteiger charge is -2.14. The summed E-state index contributed by atoms with van der Waals surface area (Å²) in [7, 11) is 1.84. The van der Waals surface area contributed by atoms with Crippen LogP contribution in [0.5, 0.6) is 0 Å². The van der Waals surface area contributed by atoms with E-state index in [0.717, 1.165) is 36.0 Å². The van der Waals surface area contributed by atoms with Crippen LogP contribution in [0.3, 0.4) is 0 Å². The molecule has 1 atom stereocenters. The SMILES string of the molecule is Cn1cc(-c2cnc(NCC3CCCO3)c3cccc(F)c23)cn1. The molecule has 1 fully saturated rings. The number of hydrogen-bond donors (Lipinski definition) is 1. The Labute approximate surface area is 139 Å². The highest BCUT2D eigenvalue weighted by atomic mass is 19.1. The number of benzene rings is 1. The normalized spacial score (nSPS) is 17.5. The Bertz CT molecular complexity index is 871. The van der Waals surface area contributed by atoms with Gasteiger partial charge in [0.15, 0.2) is 0 Å². The van der Waals surface area contributed by atoms with Crippen molar-refractivity contribution in [3.05, 3.63) is 42.6 Å². The van der Waals surface area contributed by atoms with Crippen LogP contribution >= 0.6 is 0 Å². The monoisotopic (exact) mass is 326 g/mol. The fourth-order valence-corrected chi connectivity index (χ4v) is 3.19. The standard InChI is InChI=1S/C18H19FN4O/c1-23-11-12(8-22-23)15-10-21-18(20-9-13-4-3-7-24-13)14-5-2-6-16(19)17(14)15/h2,5-6,8,10-11,13H,3-4,7,9H2,1H3,(H,20,21). The molecule has 6 heteroatoms. The Kier molecular flexibility index (Phi) is 3.90. The van der Waals surface area contributed by atoms with Crippen molar-refractivity contribution in [1.29, 1.82) is 0 Å². The van der Waals surface area contributed by atoms with Crippen LogP contribution < -0.4 is 5.32 Å². The molecule has 3 heterocycles. The summed E-state index contributed by atoms with van der Waals surface area (Å²) < 4.78 is 21.9. The number of hydrogen-bond acceptors (Lipinski definition) is 4. The predicted octanol–water partition coefficient (Wildman–Crippen LogP) is 3.37. The molecule has 0 spiro atoms. The molecule has 0 amide bonds. The molecule has 4 rings (SSSR count). The number of anilines is 1. The van der Waals surface area contributed by atoms with E-state index in [9.17, 15) is 4.39 Å². The summed E-state index contributed by atoms with van der Waals surface area (Å²) in [6.07, 6.45) is 7.64. The zero-order valence-corrected chi connectivity index (χ0v) is 13.5. The van der Waals surface area contributed by atoms with Crippen molar-refractivity contribution in [1.82, 2.24) is 14.8 Å². The van der Waals surface area contributed by atoms with Gasteiger partial charge in [-0.05, 0) is 18.9 Å². The Hall–Kier alpha value is -2.47. The maximum absolute atomic E-state index is 14.6. The number of pyridine rings is 1. The summed E-state index contributed by atoms with van der Waals surface area (Å²) in [5, 5.41) is 8.83. The van der Waals surface area contributed by atoms with Crippen LogP contribution in [0.4, 0.5) is 10.2 Å². The fraction of sp³-hybridized carbons (Fsp3) is 0.333. The summed E-state index contributed by atoms with van der Waals surface area (Å²) in [5.74, 6) is 0.432. The maximum Gasteiger partial charge on any atom is 0.134 e. The van der Waals surface area contributed by atoms with Crippen LogP contribution in [0, 0.1) is 5.82 Å². The van der Waals surface area contributed by atoms with E-state index in [2.05, 4.69) is 15.4 Å². The van der Waals surface area contributed by atoms with Gasteiger partial charge in [-0.15, -0.1) is 0 Å². The number of ether oxygens (including phenoxy) is 1. The molecule has 3 aromatic rings. The summed E-state index contributed by atoms with van der Waals surface area (Å²) in [6.45, 7) is 1.50. The van der Waals surface area contributed by atoms with E-state index in [1.165, 1.54) is 6.07 Å². The van der Waals surface area contributed by atoms with Crippen LogP contribution in [0.15, 0.2) is 36.8 Å². The van der Waals surface area contributed by atoms with Gasteiger partial charge in [0.1, 0.15) is 11.6 Å². The average Bonchev–Trinajstić information content (AvgIpc) is 3.24. The van der Waals surface area contributed by atoms with Crippen LogP contribution in [0.25, 0.3) is 21.9 Å². The minimum atomic E-state index is -0.256. The molecule has 1 aliphatic heterocycles. The van der Waals surface area contributed by atoms with Gasteiger partial charge in [-0.1, -0.05) is 12.1 Å². The van der Waals surface area contributed by atoms with Gasteiger partial charge in [-0.25, -0.2) is 9.37 Å². The number of fused-ring (bicyclic) bond motifs is 1. The van der Waals surface area contributed by atoms with Crippen molar-refractivity contribution in [2.24, 2.45) is 7.05 Å². The maximum atomic E-state index is 14.6. The van der Waals surface area contributed by atoms with Gasteiger partial charge in [-0.2, -0.15) is 5.10 Å². The Morgan fingerprint density at radius 2 is 2.29 bits per heavy atom. The van der Waals surface area contributed by atoms with Gasteiger partial charge in [0.2, 0.25) is 0 Å². The van der Waals surface area contributed by atoms with E-state index in [-0.39, 0.29) is 11.9 Å². The Morgan fingerprint density at radius 3 is 3.04 bits per heavy atom. The number of aromatic nitrogens is 3. The summed E-state index contributed by atoms with van der Waals surface area (Å²) in [4.78, 5) is 4.52. The molecular weight excluding hydrogens is 307 g/mol. The molecule has 0 saturated carbocycles. The van der Waals surface area contributed by atoms with Crippen LogP contribution in [-0.2, 0) is 11.8 Å². The zero-order valence-electron chi connectivity index (χ0n) is 13.5. The van der Waals surface area contributed by atoms with Gasteiger partial charge in [0, 0.05) is 54.5 Å². The van der Waals surface area contributed by atoms with E-state index < -0.39 is 0 Å². The van der Waals surface area contributed by atoms with Gasteiger partial charge in [-0.3, -0.25) is 4.68 Å². The molecule has 0 bridgehead atoms. The zero-order chi connectivity index (χ0) is 16.5. The van der Waals surface area contributed by atoms with Gasteiger partial charge >= 0.3 is 0 Å². The van der Waals surface area contributed by atoms with Crippen molar-refractivity contribution < 1.29 is 9.13 Å². The quantitative estimate of drug-likeness (QED) is 0.799. The molecule has 1 saturated heterocycles. The van der Waals surface area contributed by atoms with Crippen molar-refractivity contribution in [3.63, 3.8) is 0 Å². The first-order chi connectivity index (χ1) is 11.7. The smallest absolute Gasteiger partial charge is 0.134 e. The first-order valence-electron chi connectivity index (χ1n) is 8.14. The van der Waals surface area contributed by atoms with Gasteiger partial charge in [0.25, 0.3) is 0 Å².